The third-order valence-corrected chi connectivity index (χ3v) is 7.58. The molecule has 6 heteroatoms. The van der Waals surface area contributed by atoms with Crippen LogP contribution in [0, 0.1) is 5.92 Å². The quantitative estimate of drug-likeness (QED) is 0.0741. The molecule has 0 saturated carbocycles. The molecule has 0 aliphatic heterocycles. The Morgan fingerprint density at radius 2 is 1.21 bits per heavy atom. The summed E-state index contributed by atoms with van der Waals surface area (Å²) in [7, 11) is 0. The fourth-order valence-corrected chi connectivity index (χ4v) is 4.82. The van der Waals surface area contributed by atoms with Gasteiger partial charge in [-0.1, -0.05) is 90.7 Å². The molecular weight excluding hydrogens is 540 g/mol. The standard InChI is InChI=1S/C37H50O6/c1-5-7-9-10-11-12-13-14-24-40-33-20-16-30(17-21-33)37(39)43-35-23-19-31-25-34(22-18-32(31)26-35)42-36(38)29(4)41-27-28(3)15-8-6-2/h16-23,25-26,28-29H,5-15,24,27H2,1-4H3/t28-,29+/m1/s1. The van der Waals surface area contributed by atoms with Gasteiger partial charge in [0.2, 0.25) is 0 Å². The predicted octanol–water partition coefficient (Wildman–Crippen LogP) is 9.72. The van der Waals surface area contributed by atoms with E-state index in [1.165, 1.54) is 44.9 Å². The number of carbonyl (C=O) groups is 2. The topological polar surface area (TPSA) is 71.1 Å². The monoisotopic (exact) mass is 590 g/mol. The number of unbranched alkanes of at least 4 members (excludes halogenated alkanes) is 8. The second kappa shape index (κ2) is 19.0. The van der Waals surface area contributed by atoms with Gasteiger partial charge < -0.3 is 18.9 Å². The van der Waals surface area contributed by atoms with Crippen molar-refractivity contribution in [3.8, 4) is 17.2 Å². The molecule has 0 aromatic heterocycles. The van der Waals surface area contributed by atoms with Gasteiger partial charge >= 0.3 is 11.9 Å². The number of carbonyl (C=O) groups excluding carboxylic acids is 2. The van der Waals surface area contributed by atoms with E-state index in [0.29, 0.717) is 36.2 Å². The van der Waals surface area contributed by atoms with Crippen LogP contribution in [0.3, 0.4) is 0 Å². The molecule has 6 nitrogen and oxygen atoms in total. The highest BCUT2D eigenvalue weighted by molar-refractivity contribution is 5.92. The summed E-state index contributed by atoms with van der Waals surface area (Å²) in [5, 5.41) is 1.73. The zero-order chi connectivity index (χ0) is 30.9. The van der Waals surface area contributed by atoms with Gasteiger partial charge in [0.1, 0.15) is 17.2 Å². The van der Waals surface area contributed by atoms with Gasteiger partial charge in [-0.2, -0.15) is 0 Å². The van der Waals surface area contributed by atoms with Crippen molar-refractivity contribution in [1.29, 1.82) is 0 Å². The first-order valence-corrected chi connectivity index (χ1v) is 16.2. The summed E-state index contributed by atoms with van der Waals surface area (Å²) in [5.74, 6) is 1.19. The second-order valence-corrected chi connectivity index (χ2v) is 11.6. The maximum absolute atomic E-state index is 12.7. The van der Waals surface area contributed by atoms with Crippen molar-refractivity contribution >= 4 is 22.7 Å². The normalized spacial score (nSPS) is 12.6. The lowest BCUT2D eigenvalue weighted by Gasteiger charge is -2.16. The van der Waals surface area contributed by atoms with Crippen molar-refractivity contribution < 1.29 is 28.5 Å². The lowest BCUT2D eigenvalue weighted by molar-refractivity contribution is -0.147. The van der Waals surface area contributed by atoms with E-state index in [-0.39, 0.29) is 0 Å². The number of rotatable bonds is 20. The first kappa shape index (κ1) is 34.1. The third-order valence-electron chi connectivity index (χ3n) is 7.58. The molecule has 0 amide bonds. The fourth-order valence-electron chi connectivity index (χ4n) is 4.82. The first-order valence-electron chi connectivity index (χ1n) is 16.2. The Kier molecular flexibility index (Phi) is 15.1. The van der Waals surface area contributed by atoms with Crippen molar-refractivity contribution in [2.45, 2.75) is 104 Å². The Balaban J connectivity index is 1.43. The van der Waals surface area contributed by atoms with Crippen molar-refractivity contribution in [3.05, 3.63) is 66.2 Å². The Morgan fingerprint density at radius 3 is 1.84 bits per heavy atom. The van der Waals surface area contributed by atoms with Crippen molar-refractivity contribution in [1.82, 2.24) is 0 Å². The minimum absolute atomic E-state index is 0.405. The summed E-state index contributed by atoms with van der Waals surface area (Å²) in [4.78, 5) is 25.3. The van der Waals surface area contributed by atoms with Crippen LogP contribution >= 0.6 is 0 Å². The largest absolute Gasteiger partial charge is 0.494 e. The van der Waals surface area contributed by atoms with Crippen LogP contribution in [0.5, 0.6) is 17.2 Å². The number of benzene rings is 3. The summed E-state index contributed by atoms with van der Waals surface area (Å²) >= 11 is 0. The molecule has 43 heavy (non-hydrogen) atoms. The van der Waals surface area contributed by atoms with Gasteiger partial charge in [-0.05, 0) is 85.0 Å². The molecule has 0 saturated heterocycles. The molecule has 0 unspecified atom stereocenters. The molecule has 2 atom stereocenters. The number of hydrogen-bond donors (Lipinski definition) is 0. The highest BCUT2D eigenvalue weighted by atomic mass is 16.6. The van der Waals surface area contributed by atoms with Gasteiger partial charge in [-0.25, -0.2) is 9.59 Å². The van der Waals surface area contributed by atoms with Gasteiger partial charge in [0.05, 0.1) is 18.8 Å². The highest BCUT2D eigenvalue weighted by Crippen LogP contribution is 2.26. The summed E-state index contributed by atoms with van der Waals surface area (Å²) in [6.45, 7) is 9.47. The van der Waals surface area contributed by atoms with Crippen molar-refractivity contribution in [2.75, 3.05) is 13.2 Å². The molecule has 0 spiro atoms. The number of hydrogen-bond acceptors (Lipinski definition) is 6. The van der Waals surface area contributed by atoms with E-state index in [9.17, 15) is 9.59 Å². The minimum atomic E-state index is -0.642. The van der Waals surface area contributed by atoms with Gasteiger partial charge in [0.25, 0.3) is 0 Å². The lowest BCUT2D eigenvalue weighted by Crippen LogP contribution is -2.27. The van der Waals surface area contributed by atoms with Crippen molar-refractivity contribution in [2.24, 2.45) is 5.92 Å². The van der Waals surface area contributed by atoms with Crippen LogP contribution < -0.4 is 14.2 Å². The third kappa shape index (κ3) is 12.4. The van der Waals surface area contributed by atoms with E-state index >= 15 is 0 Å². The molecule has 3 aromatic carbocycles. The molecule has 3 rings (SSSR count). The van der Waals surface area contributed by atoms with Crippen LogP contribution in [-0.4, -0.2) is 31.3 Å². The van der Waals surface area contributed by atoms with E-state index in [1.54, 1.807) is 43.3 Å². The highest BCUT2D eigenvalue weighted by Gasteiger charge is 2.18. The average Bonchev–Trinajstić information content (AvgIpc) is 3.02. The molecule has 0 N–H and O–H groups in total. The zero-order valence-electron chi connectivity index (χ0n) is 26.6. The van der Waals surface area contributed by atoms with E-state index in [1.807, 2.05) is 24.3 Å². The van der Waals surface area contributed by atoms with Gasteiger partial charge in [-0.15, -0.1) is 0 Å². The Hall–Kier alpha value is -3.38. The van der Waals surface area contributed by atoms with Crippen LogP contribution in [0.2, 0.25) is 0 Å². The Morgan fingerprint density at radius 1 is 0.651 bits per heavy atom. The zero-order valence-corrected chi connectivity index (χ0v) is 26.6. The van der Waals surface area contributed by atoms with Gasteiger partial charge in [-0.3, -0.25) is 0 Å². The van der Waals surface area contributed by atoms with Crippen LogP contribution in [0.25, 0.3) is 10.8 Å². The first-order chi connectivity index (χ1) is 20.9. The fraction of sp³-hybridized carbons (Fsp3) is 0.514. The van der Waals surface area contributed by atoms with Crippen molar-refractivity contribution in [3.63, 3.8) is 0 Å². The molecule has 0 aliphatic carbocycles. The average molecular weight is 591 g/mol. The molecule has 0 fully saturated rings. The lowest BCUT2D eigenvalue weighted by atomic mass is 10.1. The number of fused-ring (bicyclic) bond motifs is 1. The SMILES string of the molecule is CCCCCCCCCCOc1ccc(C(=O)Oc2ccc3cc(OC(=O)[C@H](C)OC[C@H](C)CCCC)ccc3c2)cc1. The summed E-state index contributed by atoms with van der Waals surface area (Å²) < 4.78 is 22.8. The van der Waals surface area contributed by atoms with Crippen LogP contribution in [0.1, 0.15) is 109 Å². The van der Waals surface area contributed by atoms with Crippen LogP contribution in [0.4, 0.5) is 0 Å². The Labute approximate surface area is 258 Å². The van der Waals surface area contributed by atoms with E-state index in [2.05, 4.69) is 20.8 Å². The smallest absolute Gasteiger partial charge is 0.343 e. The summed E-state index contributed by atoms with van der Waals surface area (Å²) in [6, 6.07) is 17.8. The Bertz CT molecular complexity index is 1250. The second-order valence-electron chi connectivity index (χ2n) is 11.6. The maximum Gasteiger partial charge on any atom is 0.343 e. The molecule has 0 heterocycles. The molecule has 234 valence electrons. The number of esters is 2. The molecule has 0 radical (unpaired) electrons. The number of ether oxygens (including phenoxy) is 4. The van der Waals surface area contributed by atoms with E-state index in [0.717, 1.165) is 42.2 Å². The summed E-state index contributed by atoms with van der Waals surface area (Å²) in [5.41, 5.74) is 0.456. The molecular formula is C37H50O6. The molecule has 3 aromatic rings. The van der Waals surface area contributed by atoms with E-state index < -0.39 is 18.0 Å². The van der Waals surface area contributed by atoms with Gasteiger partial charge in [0.15, 0.2) is 6.10 Å². The van der Waals surface area contributed by atoms with Gasteiger partial charge in [0, 0.05) is 0 Å². The molecule has 0 aliphatic rings. The molecule has 0 bridgehead atoms. The van der Waals surface area contributed by atoms with E-state index in [4.69, 9.17) is 18.9 Å². The van der Waals surface area contributed by atoms with Crippen LogP contribution in [-0.2, 0) is 9.53 Å². The predicted molar refractivity (Wildman–Crippen MR) is 173 cm³/mol. The maximum atomic E-state index is 12.7. The van der Waals surface area contributed by atoms with Crippen LogP contribution in [0.15, 0.2) is 60.7 Å². The minimum Gasteiger partial charge on any atom is -0.494 e. The summed E-state index contributed by atoms with van der Waals surface area (Å²) in [6.07, 6.45) is 12.8.